The summed E-state index contributed by atoms with van der Waals surface area (Å²) in [6.45, 7) is 1.68. The minimum Gasteiger partial charge on any atom is -0.459 e. The molecule has 0 amide bonds. The molecule has 0 unspecified atom stereocenters. The lowest BCUT2D eigenvalue weighted by atomic mass is 10.0. The zero-order valence-electron chi connectivity index (χ0n) is 10.1. The molecule has 1 saturated heterocycles. The maximum absolute atomic E-state index is 11.7. The van der Waals surface area contributed by atoms with Gasteiger partial charge in [-0.25, -0.2) is 4.79 Å². The third-order valence-electron chi connectivity index (χ3n) is 2.89. The third-order valence-corrected chi connectivity index (χ3v) is 2.89. The van der Waals surface area contributed by atoms with E-state index in [1.165, 1.54) is 0 Å². The van der Waals surface area contributed by atoms with Crippen LogP contribution < -0.4 is 0 Å². The Balaban J connectivity index is 1.91. The van der Waals surface area contributed by atoms with Crippen molar-refractivity contribution in [3.8, 4) is 0 Å². The van der Waals surface area contributed by atoms with Crippen molar-refractivity contribution in [1.82, 2.24) is 0 Å². The van der Waals surface area contributed by atoms with Crippen LogP contribution in [-0.4, -0.2) is 40.8 Å². The molecule has 0 bridgehead atoms. The van der Waals surface area contributed by atoms with Gasteiger partial charge in [-0.2, -0.15) is 0 Å². The molecule has 0 saturated carbocycles. The van der Waals surface area contributed by atoms with Crippen LogP contribution in [0.15, 0.2) is 30.3 Å². The molecule has 0 spiro atoms. The van der Waals surface area contributed by atoms with Crippen LogP contribution >= 0.6 is 0 Å². The van der Waals surface area contributed by atoms with E-state index in [0.717, 1.165) is 0 Å². The maximum atomic E-state index is 11.7. The highest BCUT2D eigenvalue weighted by molar-refractivity contribution is 5.89. The van der Waals surface area contributed by atoms with Crippen LogP contribution in [0.25, 0.3) is 0 Å². The second-order valence-electron chi connectivity index (χ2n) is 4.67. The second-order valence-corrected chi connectivity index (χ2v) is 4.67. The summed E-state index contributed by atoms with van der Waals surface area (Å²) in [6.07, 6.45) is -1.92. The minimum absolute atomic E-state index is 0.00511. The fourth-order valence-corrected chi connectivity index (χ4v) is 1.93. The first-order valence-electron chi connectivity index (χ1n) is 5.76. The van der Waals surface area contributed by atoms with Crippen LogP contribution in [-0.2, 0) is 9.47 Å². The number of benzene rings is 1. The zero-order chi connectivity index (χ0) is 13.2. The second kappa shape index (κ2) is 5.06. The highest BCUT2D eigenvalue weighted by Gasteiger charge is 2.42. The summed E-state index contributed by atoms with van der Waals surface area (Å²) < 4.78 is 10.3. The van der Waals surface area contributed by atoms with Crippen molar-refractivity contribution in [3.63, 3.8) is 0 Å². The lowest BCUT2D eigenvalue weighted by Gasteiger charge is -2.22. The van der Waals surface area contributed by atoms with Crippen molar-refractivity contribution in [2.24, 2.45) is 0 Å². The predicted molar refractivity (Wildman–Crippen MR) is 62.8 cm³/mol. The van der Waals surface area contributed by atoms with Crippen molar-refractivity contribution in [1.29, 1.82) is 0 Å². The molecule has 1 aromatic rings. The number of hydrogen-bond donors (Lipinski definition) is 2. The van der Waals surface area contributed by atoms with E-state index in [9.17, 15) is 15.0 Å². The first kappa shape index (κ1) is 13.0. The number of esters is 1. The lowest BCUT2D eigenvalue weighted by molar-refractivity contribution is -0.164. The summed E-state index contributed by atoms with van der Waals surface area (Å²) >= 11 is 0. The van der Waals surface area contributed by atoms with E-state index in [0.29, 0.717) is 5.56 Å². The molecule has 98 valence electrons. The Morgan fingerprint density at radius 2 is 2.11 bits per heavy atom. The molecule has 1 heterocycles. The quantitative estimate of drug-likeness (QED) is 0.774. The predicted octanol–water partition coefficient (Wildman–Crippen LogP) is 0.702. The van der Waals surface area contributed by atoms with Crippen molar-refractivity contribution in [2.75, 3.05) is 6.61 Å². The van der Waals surface area contributed by atoms with Crippen molar-refractivity contribution >= 4 is 5.97 Å². The molecule has 3 atom stereocenters. The number of carbonyl (C=O) groups is 1. The summed E-state index contributed by atoms with van der Waals surface area (Å²) in [5.74, 6) is -0.448. The van der Waals surface area contributed by atoms with Gasteiger partial charge in [-0.05, 0) is 19.1 Å². The molecule has 5 heteroatoms. The zero-order valence-corrected chi connectivity index (χ0v) is 10.1. The van der Waals surface area contributed by atoms with E-state index >= 15 is 0 Å². The topological polar surface area (TPSA) is 76.0 Å². The summed E-state index contributed by atoms with van der Waals surface area (Å²) in [5, 5.41) is 18.7. The summed E-state index contributed by atoms with van der Waals surface area (Å²) in [6, 6.07) is 8.62. The smallest absolute Gasteiger partial charge is 0.338 e. The number of carbonyl (C=O) groups excluding carboxylic acids is 1. The van der Waals surface area contributed by atoms with Gasteiger partial charge in [0, 0.05) is 6.42 Å². The lowest BCUT2D eigenvalue weighted by Crippen LogP contribution is -2.32. The van der Waals surface area contributed by atoms with Crippen LogP contribution in [0.5, 0.6) is 0 Å². The SMILES string of the molecule is C[C@@]1(COC(=O)c2ccccc2)C[C@@H](O)[C@@H](O)O1. The first-order valence-corrected chi connectivity index (χ1v) is 5.76. The normalized spacial score (nSPS) is 31.3. The average Bonchev–Trinajstić information content (AvgIpc) is 2.62. The van der Waals surface area contributed by atoms with Crippen LogP contribution in [0.3, 0.4) is 0 Å². The van der Waals surface area contributed by atoms with E-state index in [4.69, 9.17) is 9.47 Å². The summed E-state index contributed by atoms with van der Waals surface area (Å²) in [4.78, 5) is 11.7. The molecule has 1 aliphatic rings. The number of hydrogen-bond acceptors (Lipinski definition) is 5. The summed E-state index contributed by atoms with van der Waals surface area (Å²) in [5.41, 5.74) is -0.385. The molecule has 2 rings (SSSR count). The largest absolute Gasteiger partial charge is 0.459 e. The van der Waals surface area contributed by atoms with Gasteiger partial charge >= 0.3 is 5.97 Å². The van der Waals surface area contributed by atoms with E-state index in [1.807, 2.05) is 6.07 Å². The van der Waals surface area contributed by atoms with Gasteiger partial charge in [0.15, 0.2) is 6.29 Å². The molecule has 1 fully saturated rings. The average molecular weight is 252 g/mol. The van der Waals surface area contributed by atoms with Gasteiger partial charge in [0.05, 0.1) is 5.56 Å². The maximum Gasteiger partial charge on any atom is 0.338 e. The van der Waals surface area contributed by atoms with Gasteiger partial charge in [-0.3, -0.25) is 0 Å². The van der Waals surface area contributed by atoms with Gasteiger partial charge in [0.1, 0.15) is 18.3 Å². The molecule has 0 radical (unpaired) electrons. The van der Waals surface area contributed by atoms with E-state index in [2.05, 4.69) is 0 Å². The van der Waals surface area contributed by atoms with Crippen LogP contribution in [0.2, 0.25) is 0 Å². The Morgan fingerprint density at radius 3 is 2.67 bits per heavy atom. The van der Waals surface area contributed by atoms with Crippen molar-refractivity contribution in [3.05, 3.63) is 35.9 Å². The van der Waals surface area contributed by atoms with Gasteiger partial charge in [-0.1, -0.05) is 18.2 Å². The highest BCUT2D eigenvalue weighted by atomic mass is 16.7. The van der Waals surface area contributed by atoms with E-state index in [-0.39, 0.29) is 13.0 Å². The number of aliphatic hydroxyl groups excluding tert-OH is 2. The molecule has 1 aliphatic heterocycles. The summed E-state index contributed by atoms with van der Waals surface area (Å²) in [7, 11) is 0. The Hall–Kier alpha value is -1.43. The molecule has 2 N–H and O–H groups in total. The Morgan fingerprint density at radius 1 is 1.44 bits per heavy atom. The first-order chi connectivity index (χ1) is 8.50. The fourth-order valence-electron chi connectivity index (χ4n) is 1.93. The number of rotatable bonds is 3. The monoisotopic (exact) mass is 252 g/mol. The van der Waals surface area contributed by atoms with Crippen molar-refractivity contribution in [2.45, 2.75) is 31.3 Å². The van der Waals surface area contributed by atoms with E-state index < -0.39 is 24.0 Å². The Labute approximate surface area is 105 Å². The Kier molecular flexibility index (Phi) is 3.65. The molecular formula is C13H16O5. The van der Waals surface area contributed by atoms with Gasteiger partial charge in [0.2, 0.25) is 0 Å². The number of ether oxygens (including phenoxy) is 2. The van der Waals surface area contributed by atoms with Gasteiger partial charge in [0.25, 0.3) is 0 Å². The van der Waals surface area contributed by atoms with Crippen molar-refractivity contribution < 1.29 is 24.5 Å². The standard InChI is InChI=1S/C13H16O5/c1-13(7-10(14)12(16)18-13)8-17-11(15)9-5-3-2-4-6-9/h2-6,10,12,14,16H,7-8H2,1H3/t10-,12+,13+/m1/s1. The third kappa shape index (κ3) is 2.87. The van der Waals surface area contributed by atoms with Gasteiger partial charge in [-0.15, -0.1) is 0 Å². The van der Waals surface area contributed by atoms with Gasteiger partial charge < -0.3 is 19.7 Å². The number of aliphatic hydroxyl groups is 2. The molecule has 18 heavy (non-hydrogen) atoms. The molecule has 5 nitrogen and oxygen atoms in total. The van der Waals surface area contributed by atoms with Crippen LogP contribution in [0.4, 0.5) is 0 Å². The molecule has 0 aromatic heterocycles. The van der Waals surface area contributed by atoms with Crippen LogP contribution in [0.1, 0.15) is 23.7 Å². The molecule has 0 aliphatic carbocycles. The molecular weight excluding hydrogens is 236 g/mol. The molecule has 1 aromatic carbocycles. The minimum atomic E-state index is -1.22. The highest BCUT2D eigenvalue weighted by Crippen LogP contribution is 2.29. The van der Waals surface area contributed by atoms with Crippen LogP contribution in [0, 0.1) is 0 Å². The fraction of sp³-hybridized carbons (Fsp3) is 0.462. The Bertz CT molecular complexity index is 407. The van der Waals surface area contributed by atoms with E-state index in [1.54, 1.807) is 31.2 Å².